The average Bonchev–Trinajstić information content (AvgIpc) is 3.02. The van der Waals surface area contributed by atoms with E-state index in [0.717, 1.165) is 22.0 Å². The Morgan fingerprint density at radius 1 is 0.929 bits per heavy atom. The zero-order valence-electron chi connectivity index (χ0n) is 16.0. The van der Waals surface area contributed by atoms with E-state index in [-0.39, 0.29) is 16.8 Å². The van der Waals surface area contributed by atoms with Gasteiger partial charge in [0.05, 0.1) is 31.0 Å². The third-order valence-electron chi connectivity index (χ3n) is 4.53. The van der Waals surface area contributed by atoms with Gasteiger partial charge in [-0.1, -0.05) is 11.6 Å². The monoisotopic (exact) mass is 380 g/mol. The standard InChI is InChI=1S/C21H20N2O5/c1-11-5-8-16-15(9-11)12(2)18(22-16)19(24)23-17-10-13(20(25)27-3)6-7-14(17)21(26)28-4/h5-10,22H,1-4H3,(H,23,24). The van der Waals surface area contributed by atoms with Crippen LogP contribution in [0.3, 0.4) is 0 Å². The zero-order chi connectivity index (χ0) is 20.4. The van der Waals surface area contributed by atoms with Crippen LogP contribution in [0.15, 0.2) is 36.4 Å². The molecule has 0 atom stereocenters. The fourth-order valence-electron chi connectivity index (χ4n) is 3.03. The molecule has 3 rings (SSSR count). The van der Waals surface area contributed by atoms with Gasteiger partial charge in [-0.3, -0.25) is 4.79 Å². The summed E-state index contributed by atoms with van der Waals surface area (Å²) in [5.74, 6) is -1.64. The Hall–Kier alpha value is -3.61. The SMILES string of the molecule is COC(=O)c1ccc(C(=O)OC)c(NC(=O)c2[nH]c3ccc(C)cc3c2C)c1. The normalized spacial score (nSPS) is 10.6. The number of rotatable bonds is 4. The van der Waals surface area contributed by atoms with Crippen molar-refractivity contribution in [3.8, 4) is 0 Å². The molecule has 144 valence electrons. The van der Waals surface area contributed by atoms with Gasteiger partial charge in [0.1, 0.15) is 5.69 Å². The van der Waals surface area contributed by atoms with Crippen LogP contribution in [0, 0.1) is 13.8 Å². The minimum absolute atomic E-state index is 0.133. The van der Waals surface area contributed by atoms with Gasteiger partial charge in [0.25, 0.3) is 5.91 Å². The Balaban J connectivity index is 2.02. The van der Waals surface area contributed by atoms with E-state index in [2.05, 4.69) is 10.3 Å². The van der Waals surface area contributed by atoms with Crippen LogP contribution < -0.4 is 5.32 Å². The number of aryl methyl sites for hydroxylation is 2. The number of H-pyrrole nitrogens is 1. The van der Waals surface area contributed by atoms with Crippen molar-refractivity contribution in [3.63, 3.8) is 0 Å². The third-order valence-corrected chi connectivity index (χ3v) is 4.53. The molecule has 7 nitrogen and oxygen atoms in total. The maximum absolute atomic E-state index is 12.9. The van der Waals surface area contributed by atoms with Gasteiger partial charge in [-0.15, -0.1) is 0 Å². The lowest BCUT2D eigenvalue weighted by Crippen LogP contribution is -2.17. The van der Waals surface area contributed by atoms with Crippen molar-refractivity contribution in [3.05, 3.63) is 64.3 Å². The number of nitrogens with one attached hydrogen (secondary N) is 2. The average molecular weight is 380 g/mol. The van der Waals surface area contributed by atoms with Gasteiger partial charge in [-0.2, -0.15) is 0 Å². The molecule has 2 N–H and O–H groups in total. The number of aromatic amines is 1. The number of carbonyl (C=O) groups excluding carboxylic acids is 3. The van der Waals surface area contributed by atoms with Gasteiger partial charge < -0.3 is 19.8 Å². The van der Waals surface area contributed by atoms with Crippen molar-refractivity contribution in [2.24, 2.45) is 0 Å². The molecule has 1 heterocycles. The van der Waals surface area contributed by atoms with Crippen LogP contribution in [-0.2, 0) is 9.47 Å². The number of benzene rings is 2. The highest BCUT2D eigenvalue weighted by atomic mass is 16.5. The van der Waals surface area contributed by atoms with Gasteiger partial charge >= 0.3 is 11.9 Å². The molecule has 7 heteroatoms. The molecule has 28 heavy (non-hydrogen) atoms. The van der Waals surface area contributed by atoms with Crippen molar-refractivity contribution >= 4 is 34.4 Å². The smallest absolute Gasteiger partial charge is 0.339 e. The molecule has 1 amide bonds. The summed E-state index contributed by atoms with van der Waals surface area (Å²) in [4.78, 5) is 39.9. The van der Waals surface area contributed by atoms with Gasteiger partial charge in [0.15, 0.2) is 0 Å². The molecule has 0 spiro atoms. The topological polar surface area (TPSA) is 97.5 Å². The number of ether oxygens (including phenoxy) is 2. The summed E-state index contributed by atoms with van der Waals surface area (Å²) >= 11 is 0. The van der Waals surface area contributed by atoms with Crippen molar-refractivity contribution in [1.29, 1.82) is 0 Å². The largest absolute Gasteiger partial charge is 0.465 e. The lowest BCUT2D eigenvalue weighted by molar-refractivity contribution is 0.0587. The van der Waals surface area contributed by atoms with Crippen molar-refractivity contribution in [1.82, 2.24) is 4.98 Å². The molecule has 0 bridgehead atoms. The number of methoxy groups -OCH3 is 2. The maximum Gasteiger partial charge on any atom is 0.339 e. The quantitative estimate of drug-likeness (QED) is 0.674. The van der Waals surface area contributed by atoms with Crippen LogP contribution in [0.1, 0.15) is 42.3 Å². The highest BCUT2D eigenvalue weighted by Crippen LogP contribution is 2.25. The Morgan fingerprint density at radius 3 is 2.32 bits per heavy atom. The Morgan fingerprint density at radius 2 is 1.64 bits per heavy atom. The zero-order valence-corrected chi connectivity index (χ0v) is 16.0. The van der Waals surface area contributed by atoms with Gasteiger partial charge in [-0.05, 0) is 49.7 Å². The van der Waals surface area contributed by atoms with Gasteiger partial charge in [0.2, 0.25) is 0 Å². The second-order valence-electron chi connectivity index (χ2n) is 6.37. The molecule has 0 unspecified atom stereocenters. The lowest BCUT2D eigenvalue weighted by atomic mass is 10.1. The molecule has 0 aliphatic heterocycles. The van der Waals surface area contributed by atoms with Gasteiger partial charge in [0, 0.05) is 10.9 Å². The molecule has 0 aliphatic carbocycles. The van der Waals surface area contributed by atoms with Crippen LogP contribution in [0.4, 0.5) is 5.69 Å². The first-order valence-electron chi connectivity index (χ1n) is 8.56. The van der Waals surface area contributed by atoms with Crippen molar-refractivity contribution in [2.45, 2.75) is 13.8 Å². The minimum atomic E-state index is -0.629. The number of aromatic nitrogens is 1. The van der Waals surface area contributed by atoms with Crippen LogP contribution in [0.2, 0.25) is 0 Å². The summed E-state index contributed by atoms with van der Waals surface area (Å²) in [6.45, 7) is 3.83. The van der Waals surface area contributed by atoms with E-state index in [1.807, 2.05) is 32.0 Å². The van der Waals surface area contributed by atoms with Crippen molar-refractivity contribution in [2.75, 3.05) is 19.5 Å². The number of hydrogen-bond acceptors (Lipinski definition) is 5. The highest BCUT2D eigenvalue weighted by molar-refractivity contribution is 6.11. The molecular weight excluding hydrogens is 360 g/mol. The second kappa shape index (κ2) is 7.56. The summed E-state index contributed by atoms with van der Waals surface area (Å²) < 4.78 is 9.47. The molecule has 0 saturated heterocycles. The van der Waals surface area contributed by atoms with E-state index in [0.29, 0.717) is 5.69 Å². The lowest BCUT2D eigenvalue weighted by Gasteiger charge is -2.11. The second-order valence-corrected chi connectivity index (χ2v) is 6.37. The third kappa shape index (κ3) is 3.46. The molecule has 2 aromatic carbocycles. The number of fused-ring (bicyclic) bond motifs is 1. The maximum atomic E-state index is 12.9. The van der Waals surface area contributed by atoms with Gasteiger partial charge in [-0.25, -0.2) is 9.59 Å². The van der Waals surface area contributed by atoms with E-state index in [1.165, 1.54) is 32.4 Å². The number of carbonyl (C=O) groups is 3. The summed E-state index contributed by atoms with van der Waals surface area (Å²) in [6.07, 6.45) is 0. The Bertz CT molecular complexity index is 1100. The molecular formula is C21H20N2O5. The number of esters is 2. The van der Waals surface area contributed by atoms with E-state index in [4.69, 9.17) is 9.47 Å². The molecule has 0 aliphatic rings. The predicted molar refractivity (Wildman–Crippen MR) is 105 cm³/mol. The van der Waals surface area contributed by atoms with Crippen LogP contribution in [0.25, 0.3) is 10.9 Å². The van der Waals surface area contributed by atoms with Crippen LogP contribution >= 0.6 is 0 Å². The molecule has 0 radical (unpaired) electrons. The molecule has 0 fully saturated rings. The number of hydrogen-bond donors (Lipinski definition) is 2. The number of anilines is 1. The van der Waals surface area contributed by atoms with Crippen LogP contribution in [-0.4, -0.2) is 37.0 Å². The molecule has 3 aromatic rings. The number of amides is 1. The summed E-state index contributed by atoms with van der Waals surface area (Å²) in [6, 6.07) is 10.1. The summed E-state index contributed by atoms with van der Waals surface area (Å²) in [5, 5.41) is 3.64. The van der Waals surface area contributed by atoms with E-state index >= 15 is 0 Å². The predicted octanol–water partition coefficient (Wildman–Crippen LogP) is 3.61. The Labute approximate surface area is 161 Å². The first-order valence-corrected chi connectivity index (χ1v) is 8.56. The summed E-state index contributed by atoms with van der Waals surface area (Å²) in [5.41, 5.74) is 3.58. The fourth-order valence-corrected chi connectivity index (χ4v) is 3.03. The molecule has 0 saturated carbocycles. The minimum Gasteiger partial charge on any atom is -0.465 e. The first kappa shape index (κ1) is 19.2. The van der Waals surface area contributed by atoms with E-state index in [9.17, 15) is 14.4 Å². The summed E-state index contributed by atoms with van der Waals surface area (Å²) in [7, 11) is 2.50. The van der Waals surface area contributed by atoms with E-state index in [1.54, 1.807) is 0 Å². The first-order chi connectivity index (χ1) is 13.3. The highest BCUT2D eigenvalue weighted by Gasteiger charge is 2.20. The molecule has 1 aromatic heterocycles. The Kier molecular flexibility index (Phi) is 5.17. The van der Waals surface area contributed by atoms with Crippen LogP contribution in [0.5, 0.6) is 0 Å². The fraction of sp³-hybridized carbons (Fsp3) is 0.190. The van der Waals surface area contributed by atoms with E-state index < -0.39 is 17.8 Å². The van der Waals surface area contributed by atoms with Crippen molar-refractivity contribution < 1.29 is 23.9 Å².